The Bertz CT molecular complexity index is 1410. The van der Waals surface area contributed by atoms with E-state index >= 15 is 0 Å². The molecule has 0 N–H and O–H groups in total. The zero-order valence-corrected chi connectivity index (χ0v) is 26.1. The van der Waals surface area contributed by atoms with Crippen molar-refractivity contribution in [3.05, 3.63) is 95.6 Å². The van der Waals surface area contributed by atoms with Crippen molar-refractivity contribution in [2.24, 2.45) is 0 Å². The van der Waals surface area contributed by atoms with E-state index in [1.54, 1.807) is 12.0 Å². The Morgan fingerprint density at radius 1 is 0.884 bits per heavy atom. The van der Waals surface area contributed by atoms with Crippen LogP contribution in [0.5, 0.6) is 5.75 Å². The third kappa shape index (κ3) is 8.71. The van der Waals surface area contributed by atoms with E-state index in [0.29, 0.717) is 44.8 Å². The lowest BCUT2D eigenvalue weighted by Crippen LogP contribution is -2.44. The van der Waals surface area contributed by atoms with Crippen molar-refractivity contribution in [3.63, 3.8) is 0 Å². The highest BCUT2D eigenvalue weighted by atomic mass is 16.6. The van der Waals surface area contributed by atoms with E-state index in [9.17, 15) is 9.59 Å². The zero-order chi connectivity index (χ0) is 30.8. The van der Waals surface area contributed by atoms with E-state index < -0.39 is 11.7 Å². The maximum absolute atomic E-state index is 14.4. The van der Waals surface area contributed by atoms with Crippen LogP contribution >= 0.6 is 0 Å². The summed E-state index contributed by atoms with van der Waals surface area (Å²) in [5.41, 5.74) is 5.07. The van der Waals surface area contributed by atoms with Crippen LogP contribution in [0.2, 0.25) is 0 Å². The maximum Gasteiger partial charge on any atom is 0.410 e. The zero-order valence-electron chi connectivity index (χ0n) is 26.1. The Balaban J connectivity index is 1.67. The monoisotopic (exact) mass is 584 g/mol. The van der Waals surface area contributed by atoms with Gasteiger partial charge in [-0.25, -0.2) is 4.79 Å². The summed E-state index contributed by atoms with van der Waals surface area (Å²) in [5.74, 6) is 0.665. The number of hydrogen-bond acceptors (Lipinski definition) is 5. The van der Waals surface area contributed by atoms with Crippen LogP contribution in [0.3, 0.4) is 0 Å². The van der Waals surface area contributed by atoms with Crippen LogP contribution in [0.1, 0.15) is 51.7 Å². The number of para-hydroxylation sites is 1. The molecule has 1 aliphatic rings. The second kappa shape index (κ2) is 14.9. The van der Waals surface area contributed by atoms with Crippen molar-refractivity contribution in [1.29, 1.82) is 0 Å². The summed E-state index contributed by atoms with van der Waals surface area (Å²) in [5, 5.41) is 0. The minimum absolute atomic E-state index is 0.0925. The van der Waals surface area contributed by atoms with Gasteiger partial charge >= 0.3 is 6.09 Å². The van der Waals surface area contributed by atoms with E-state index in [0.717, 1.165) is 40.0 Å². The van der Waals surface area contributed by atoms with Crippen molar-refractivity contribution >= 4 is 17.6 Å². The highest BCUT2D eigenvalue weighted by Crippen LogP contribution is 2.33. The smallest absolute Gasteiger partial charge is 0.410 e. The Morgan fingerprint density at radius 3 is 2.30 bits per heavy atom. The molecule has 1 aliphatic heterocycles. The number of ether oxygens (including phenoxy) is 3. The molecule has 2 amide bonds. The molecule has 0 fully saturated rings. The standard InChI is InChI=1S/C36H44N2O5/c1-6-37(25-30-16-10-11-19-33(30)42-23-13-22-41-5)34(39)32-26-38(35(40)43-36(2,3)4)21-20-31(32)29-18-12-17-28(24-29)27-14-8-7-9-15-27/h7-12,14-19,24H,6,13,20-23,25-26H2,1-5H3. The molecule has 0 bridgehead atoms. The molecule has 0 saturated heterocycles. The fourth-order valence-electron chi connectivity index (χ4n) is 5.16. The van der Waals surface area contributed by atoms with Gasteiger partial charge in [0.15, 0.2) is 0 Å². The molecule has 0 aliphatic carbocycles. The SMILES string of the molecule is CCN(Cc1ccccc1OCCCOC)C(=O)C1=C(c2cccc(-c3ccccc3)c2)CCN(C(=O)OC(C)(C)C)C1. The van der Waals surface area contributed by atoms with Gasteiger partial charge in [-0.15, -0.1) is 0 Å². The molecule has 0 spiro atoms. The maximum atomic E-state index is 14.4. The van der Waals surface area contributed by atoms with Gasteiger partial charge in [0.05, 0.1) is 13.2 Å². The van der Waals surface area contributed by atoms with E-state index in [-0.39, 0.29) is 12.5 Å². The minimum Gasteiger partial charge on any atom is -0.493 e. The molecule has 7 nitrogen and oxygen atoms in total. The topological polar surface area (TPSA) is 68.3 Å². The van der Waals surface area contributed by atoms with Crippen molar-refractivity contribution in [2.75, 3.05) is 40.0 Å². The number of carbonyl (C=O) groups excluding carboxylic acids is 2. The molecule has 3 aromatic carbocycles. The van der Waals surface area contributed by atoms with Crippen molar-refractivity contribution in [1.82, 2.24) is 9.80 Å². The largest absolute Gasteiger partial charge is 0.493 e. The predicted octanol–water partition coefficient (Wildman–Crippen LogP) is 7.21. The van der Waals surface area contributed by atoms with Gasteiger partial charge in [0, 0.05) is 50.9 Å². The molecule has 0 atom stereocenters. The second-order valence-corrected chi connectivity index (χ2v) is 11.7. The van der Waals surface area contributed by atoms with E-state index in [1.165, 1.54) is 0 Å². The van der Waals surface area contributed by atoms with Crippen LogP contribution in [-0.2, 0) is 20.8 Å². The number of carbonyl (C=O) groups is 2. The Labute approximate surface area is 256 Å². The van der Waals surface area contributed by atoms with Crippen LogP contribution in [0.25, 0.3) is 16.7 Å². The third-order valence-corrected chi connectivity index (χ3v) is 7.33. The Hall–Kier alpha value is -4.10. The van der Waals surface area contributed by atoms with Crippen LogP contribution < -0.4 is 4.74 Å². The normalized spacial score (nSPS) is 13.6. The number of nitrogens with zero attached hydrogens (tertiary/aromatic N) is 2. The lowest BCUT2D eigenvalue weighted by atomic mass is 9.90. The van der Waals surface area contributed by atoms with Crippen LogP contribution in [0.15, 0.2) is 84.4 Å². The van der Waals surface area contributed by atoms with Gasteiger partial charge in [0.2, 0.25) is 0 Å². The molecule has 3 aromatic rings. The van der Waals surface area contributed by atoms with Crippen molar-refractivity contribution < 1.29 is 23.8 Å². The highest BCUT2D eigenvalue weighted by molar-refractivity contribution is 6.03. The van der Waals surface area contributed by atoms with Crippen molar-refractivity contribution in [3.8, 4) is 16.9 Å². The van der Waals surface area contributed by atoms with Gasteiger partial charge in [-0.2, -0.15) is 0 Å². The molecular formula is C36H44N2O5. The van der Waals surface area contributed by atoms with E-state index in [2.05, 4.69) is 30.3 Å². The molecular weight excluding hydrogens is 540 g/mol. The lowest BCUT2D eigenvalue weighted by Gasteiger charge is -2.34. The van der Waals surface area contributed by atoms with Gasteiger partial charge in [-0.05, 0) is 68.5 Å². The lowest BCUT2D eigenvalue weighted by molar-refractivity contribution is -0.127. The molecule has 1 heterocycles. The second-order valence-electron chi connectivity index (χ2n) is 11.7. The van der Waals surface area contributed by atoms with Crippen LogP contribution in [0, 0.1) is 0 Å². The molecule has 43 heavy (non-hydrogen) atoms. The number of rotatable bonds is 11. The van der Waals surface area contributed by atoms with Crippen LogP contribution in [-0.4, -0.2) is 67.4 Å². The summed E-state index contributed by atoms with van der Waals surface area (Å²) < 4.78 is 16.9. The number of benzene rings is 3. The number of amides is 2. The molecule has 228 valence electrons. The highest BCUT2D eigenvalue weighted by Gasteiger charge is 2.32. The van der Waals surface area contributed by atoms with E-state index in [4.69, 9.17) is 14.2 Å². The van der Waals surface area contributed by atoms with E-state index in [1.807, 2.05) is 81.1 Å². The van der Waals surface area contributed by atoms with Gasteiger partial charge in [0.1, 0.15) is 11.4 Å². The Kier molecular flexibility index (Phi) is 11.0. The van der Waals surface area contributed by atoms with Gasteiger partial charge in [-0.3, -0.25) is 4.79 Å². The Morgan fingerprint density at radius 2 is 1.58 bits per heavy atom. The first kappa shape index (κ1) is 31.8. The summed E-state index contributed by atoms with van der Waals surface area (Å²) in [6.45, 7) is 10.2. The average molecular weight is 585 g/mol. The summed E-state index contributed by atoms with van der Waals surface area (Å²) >= 11 is 0. The molecule has 7 heteroatoms. The summed E-state index contributed by atoms with van der Waals surface area (Å²) in [7, 11) is 1.68. The third-order valence-electron chi connectivity index (χ3n) is 7.33. The van der Waals surface area contributed by atoms with Gasteiger partial charge in [0.25, 0.3) is 5.91 Å². The fraction of sp³-hybridized carbons (Fsp3) is 0.389. The molecule has 0 unspecified atom stereocenters. The van der Waals surface area contributed by atoms with Gasteiger partial charge < -0.3 is 24.0 Å². The number of hydrogen-bond donors (Lipinski definition) is 0. The quantitative estimate of drug-likeness (QED) is 0.223. The first-order valence-corrected chi connectivity index (χ1v) is 15.0. The predicted molar refractivity (Wildman–Crippen MR) is 171 cm³/mol. The summed E-state index contributed by atoms with van der Waals surface area (Å²) in [6.07, 6.45) is 0.919. The number of methoxy groups -OCH3 is 1. The average Bonchev–Trinajstić information content (AvgIpc) is 3.01. The first-order chi connectivity index (χ1) is 20.7. The molecule has 4 rings (SSSR count). The number of likely N-dealkylation sites (N-methyl/N-ethyl adjacent to an activating group) is 1. The summed E-state index contributed by atoms with van der Waals surface area (Å²) in [4.78, 5) is 31.0. The minimum atomic E-state index is -0.627. The van der Waals surface area contributed by atoms with Crippen molar-refractivity contribution in [2.45, 2.75) is 52.7 Å². The first-order valence-electron chi connectivity index (χ1n) is 15.0. The van der Waals surface area contributed by atoms with Gasteiger partial charge in [-0.1, -0.05) is 66.7 Å². The molecule has 0 radical (unpaired) electrons. The molecule has 0 aromatic heterocycles. The molecule has 0 saturated carbocycles. The fourth-order valence-corrected chi connectivity index (χ4v) is 5.16. The summed E-state index contributed by atoms with van der Waals surface area (Å²) in [6, 6.07) is 26.3. The van der Waals surface area contributed by atoms with Crippen LogP contribution in [0.4, 0.5) is 4.79 Å².